The Hall–Kier alpha value is -1.73. The van der Waals surface area contributed by atoms with Crippen LogP contribution in [0.2, 0.25) is 0 Å². The number of hydrogen-bond donors (Lipinski definition) is 0. The molecule has 1 saturated heterocycles. The molecule has 1 aromatic rings. The van der Waals surface area contributed by atoms with Gasteiger partial charge >= 0.3 is 0 Å². The van der Waals surface area contributed by atoms with E-state index in [0.717, 1.165) is 32.1 Å². The van der Waals surface area contributed by atoms with Crippen molar-refractivity contribution in [3.63, 3.8) is 0 Å². The molecule has 7 nitrogen and oxygen atoms in total. The van der Waals surface area contributed by atoms with Crippen LogP contribution in [0.3, 0.4) is 0 Å². The average Bonchev–Trinajstić information content (AvgIpc) is 3.38. The highest BCUT2D eigenvalue weighted by Crippen LogP contribution is 2.30. The topological polar surface area (TPSA) is 61.8 Å². The van der Waals surface area contributed by atoms with Crippen molar-refractivity contribution in [3.8, 4) is 0 Å². The molecule has 1 aliphatic heterocycles. The second-order valence-corrected chi connectivity index (χ2v) is 7.06. The summed E-state index contributed by atoms with van der Waals surface area (Å²) in [6, 6.07) is 0. The van der Waals surface area contributed by atoms with Crippen molar-refractivity contribution < 1.29 is 9.53 Å². The highest BCUT2D eigenvalue weighted by molar-refractivity contribution is 5.92. The van der Waals surface area contributed by atoms with Crippen molar-refractivity contribution in [2.24, 2.45) is 5.92 Å². The summed E-state index contributed by atoms with van der Waals surface area (Å²) < 4.78 is 5.84. The summed E-state index contributed by atoms with van der Waals surface area (Å²) in [5.74, 6) is 1.33. The smallest absolute Gasteiger partial charge is 0.274 e. The van der Waals surface area contributed by atoms with Crippen LogP contribution < -0.4 is 4.90 Å². The summed E-state index contributed by atoms with van der Waals surface area (Å²) >= 11 is 0. The minimum Gasteiger partial charge on any atom is -0.374 e. The molecule has 1 atom stereocenters. The number of rotatable bonds is 6. The molecule has 0 bridgehead atoms. The number of likely N-dealkylation sites (N-methyl/N-ethyl adjacent to an activating group) is 1. The van der Waals surface area contributed by atoms with Gasteiger partial charge in [0.05, 0.1) is 25.1 Å². The standard InChI is InChI=1S/C17H27N5O2/c1-20(2)16-9-18-15(8-19-16)17(23)22(10-13-4-5-13)12-14-11-21(3)6-7-24-14/h8-9,13-14H,4-7,10-12H2,1-3H3. The highest BCUT2D eigenvalue weighted by atomic mass is 16.5. The van der Waals surface area contributed by atoms with Crippen LogP contribution in [0.5, 0.6) is 0 Å². The Morgan fingerprint density at radius 1 is 1.29 bits per heavy atom. The number of anilines is 1. The maximum Gasteiger partial charge on any atom is 0.274 e. The molecule has 0 N–H and O–H groups in total. The molecule has 1 unspecified atom stereocenters. The number of nitrogens with zero attached hydrogens (tertiary/aromatic N) is 5. The summed E-state index contributed by atoms with van der Waals surface area (Å²) in [6.07, 6.45) is 5.71. The van der Waals surface area contributed by atoms with E-state index in [1.807, 2.05) is 23.9 Å². The van der Waals surface area contributed by atoms with Gasteiger partial charge in [-0.1, -0.05) is 0 Å². The van der Waals surface area contributed by atoms with Gasteiger partial charge in [0, 0.05) is 40.3 Å². The lowest BCUT2D eigenvalue weighted by Gasteiger charge is -2.34. The first-order valence-corrected chi connectivity index (χ1v) is 8.61. The van der Waals surface area contributed by atoms with Gasteiger partial charge < -0.3 is 19.4 Å². The molecule has 3 rings (SSSR count). The molecule has 0 spiro atoms. The zero-order valence-corrected chi connectivity index (χ0v) is 14.8. The molecule has 2 fully saturated rings. The summed E-state index contributed by atoms with van der Waals surface area (Å²) in [4.78, 5) is 27.5. The highest BCUT2D eigenvalue weighted by Gasteiger charge is 2.30. The Morgan fingerprint density at radius 2 is 2.08 bits per heavy atom. The van der Waals surface area contributed by atoms with E-state index in [4.69, 9.17) is 4.74 Å². The largest absolute Gasteiger partial charge is 0.374 e. The Bertz CT molecular complexity index is 559. The third-order valence-corrected chi connectivity index (χ3v) is 4.54. The van der Waals surface area contributed by atoms with E-state index in [9.17, 15) is 4.79 Å². The van der Waals surface area contributed by atoms with Crippen molar-refractivity contribution in [1.29, 1.82) is 0 Å². The van der Waals surface area contributed by atoms with Crippen molar-refractivity contribution >= 4 is 11.7 Å². The molecule has 2 heterocycles. The van der Waals surface area contributed by atoms with E-state index >= 15 is 0 Å². The summed E-state index contributed by atoms with van der Waals surface area (Å²) in [7, 11) is 5.90. The fourth-order valence-corrected chi connectivity index (χ4v) is 2.90. The second kappa shape index (κ2) is 7.44. The summed E-state index contributed by atoms with van der Waals surface area (Å²) in [5.41, 5.74) is 0.408. The van der Waals surface area contributed by atoms with Crippen LogP contribution in [0.25, 0.3) is 0 Å². The molecular formula is C17H27N5O2. The predicted molar refractivity (Wildman–Crippen MR) is 92.2 cm³/mol. The first-order valence-electron chi connectivity index (χ1n) is 8.61. The lowest BCUT2D eigenvalue weighted by atomic mass is 10.2. The van der Waals surface area contributed by atoms with Crippen LogP contribution in [-0.4, -0.2) is 85.7 Å². The number of carbonyl (C=O) groups excluding carboxylic acids is 1. The molecule has 0 aromatic carbocycles. The van der Waals surface area contributed by atoms with Gasteiger partial charge in [0.15, 0.2) is 0 Å². The molecule has 0 radical (unpaired) electrons. The maximum absolute atomic E-state index is 12.9. The van der Waals surface area contributed by atoms with Crippen LogP contribution in [0.1, 0.15) is 23.3 Å². The number of aromatic nitrogens is 2. The molecule has 1 saturated carbocycles. The Labute approximate surface area is 143 Å². The number of hydrogen-bond acceptors (Lipinski definition) is 6. The van der Waals surface area contributed by atoms with E-state index in [1.165, 1.54) is 12.8 Å². The summed E-state index contributed by atoms with van der Waals surface area (Å²) in [5, 5.41) is 0. The van der Waals surface area contributed by atoms with Gasteiger partial charge in [-0.25, -0.2) is 9.97 Å². The van der Waals surface area contributed by atoms with Crippen LogP contribution in [-0.2, 0) is 4.74 Å². The zero-order valence-electron chi connectivity index (χ0n) is 14.8. The van der Waals surface area contributed by atoms with Crippen molar-refractivity contribution in [2.45, 2.75) is 18.9 Å². The third kappa shape index (κ3) is 4.42. The molecule has 1 aliphatic carbocycles. The van der Waals surface area contributed by atoms with Gasteiger partial charge in [-0.2, -0.15) is 0 Å². The molecule has 1 aromatic heterocycles. The predicted octanol–water partition coefficient (Wildman–Crippen LogP) is 0.725. The van der Waals surface area contributed by atoms with Crippen LogP contribution in [0, 0.1) is 5.92 Å². The van der Waals surface area contributed by atoms with E-state index in [1.54, 1.807) is 12.4 Å². The first kappa shape index (κ1) is 17.1. The second-order valence-electron chi connectivity index (χ2n) is 7.06. The van der Waals surface area contributed by atoms with Crippen LogP contribution in [0.15, 0.2) is 12.4 Å². The number of amides is 1. The minimum atomic E-state index is -0.0449. The van der Waals surface area contributed by atoms with Gasteiger partial charge in [-0.3, -0.25) is 4.79 Å². The number of morpholine rings is 1. The SMILES string of the molecule is CN1CCOC(CN(CC2CC2)C(=O)c2cnc(N(C)C)cn2)C1. The lowest BCUT2D eigenvalue weighted by Crippen LogP contribution is -2.48. The fraction of sp³-hybridized carbons (Fsp3) is 0.706. The molecule has 1 amide bonds. The quantitative estimate of drug-likeness (QED) is 0.765. The fourth-order valence-electron chi connectivity index (χ4n) is 2.90. The van der Waals surface area contributed by atoms with Crippen molar-refractivity contribution in [1.82, 2.24) is 19.8 Å². The lowest BCUT2D eigenvalue weighted by molar-refractivity contribution is -0.0332. The number of carbonyl (C=O) groups is 1. The molecule has 7 heteroatoms. The van der Waals surface area contributed by atoms with E-state index in [2.05, 4.69) is 21.9 Å². The minimum absolute atomic E-state index is 0.0449. The Morgan fingerprint density at radius 3 is 2.67 bits per heavy atom. The van der Waals surface area contributed by atoms with E-state index < -0.39 is 0 Å². The van der Waals surface area contributed by atoms with Crippen LogP contribution >= 0.6 is 0 Å². The first-order chi connectivity index (χ1) is 11.5. The van der Waals surface area contributed by atoms with Gasteiger partial charge in [-0.15, -0.1) is 0 Å². The molecule has 132 valence electrons. The monoisotopic (exact) mass is 333 g/mol. The van der Waals surface area contributed by atoms with Gasteiger partial charge in [0.1, 0.15) is 11.5 Å². The van der Waals surface area contributed by atoms with Gasteiger partial charge in [0.2, 0.25) is 0 Å². The Balaban J connectivity index is 1.68. The van der Waals surface area contributed by atoms with Gasteiger partial charge in [0.25, 0.3) is 5.91 Å². The zero-order chi connectivity index (χ0) is 17.1. The summed E-state index contributed by atoms with van der Waals surface area (Å²) in [6.45, 7) is 3.95. The maximum atomic E-state index is 12.9. The number of ether oxygens (including phenoxy) is 1. The average molecular weight is 333 g/mol. The van der Waals surface area contributed by atoms with Crippen molar-refractivity contribution in [3.05, 3.63) is 18.1 Å². The normalized spacial score (nSPS) is 21.5. The third-order valence-electron chi connectivity index (χ3n) is 4.54. The van der Waals surface area contributed by atoms with Crippen molar-refractivity contribution in [2.75, 3.05) is 58.8 Å². The van der Waals surface area contributed by atoms with Crippen LogP contribution in [0.4, 0.5) is 5.82 Å². The van der Waals surface area contributed by atoms with Gasteiger partial charge in [-0.05, 0) is 25.8 Å². The van der Waals surface area contributed by atoms with E-state index in [-0.39, 0.29) is 12.0 Å². The molecule has 24 heavy (non-hydrogen) atoms. The molecule has 2 aliphatic rings. The van der Waals surface area contributed by atoms with E-state index in [0.29, 0.717) is 18.2 Å². The Kier molecular flexibility index (Phi) is 5.30. The molecular weight excluding hydrogens is 306 g/mol.